The van der Waals surface area contributed by atoms with Gasteiger partial charge >= 0.3 is 0 Å². The molecule has 4 heteroatoms. The fourth-order valence-corrected chi connectivity index (χ4v) is 3.52. The lowest BCUT2D eigenvalue weighted by atomic mass is 10.2. The lowest BCUT2D eigenvalue weighted by Crippen LogP contribution is -2.36. The number of ether oxygens (including phenoxy) is 1. The summed E-state index contributed by atoms with van der Waals surface area (Å²) in [4.78, 5) is 5.06. The molecular formula is C15H21ClN2O. The van der Waals surface area contributed by atoms with Gasteiger partial charge in [-0.25, -0.2) is 0 Å². The third kappa shape index (κ3) is 2.67. The number of fused-ring (bicyclic) bond motifs is 1. The number of nitrogens with zero attached hydrogens (tertiary/aromatic N) is 2. The summed E-state index contributed by atoms with van der Waals surface area (Å²) in [5.41, 5.74) is 1.12. The molecule has 2 heterocycles. The average molecular weight is 281 g/mol. The summed E-state index contributed by atoms with van der Waals surface area (Å²) in [7, 11) is 1.70. The molecule has 0 saturated carbocycles. The molecule has 19 heavy (non-hydrogen) atoms. The fraction of sp³-hybridized carbons (Fsp3) is 0.600. The van der Waals surface area contributed by atoms with Crippen LogP contribution in [0, 0.1) is 0 Å². The minimum atomic E-state index is 0.699. The van der Waals surface area contributed by atoms with Crippen LogP contribution in [0.5, 0.6) is 5.75 Å². The van der Waals surface area contributed by atoms with E-state index in [1.54, 1.807) is 7.11 Å². The summed E-state index contributed by atoms with van der Waals surface area (Å²) in [6.07, 6.45) is 3.87. The maximum absolute atomic E-state index is 6.37. The topological polar surface area (TPSA) is 15.7 Å². The molecule has 2 aliphatic rings. The molecule has 2 saturated heterocycles. The molecule has 0 aromatic heterocycles. The van der Waals surface area contributed by atoms with Gasteiger partial charge in [-0.05, 0) is 37.9 Å². The predicted octanol–water partition coefficient (Wildman–Crippen LogP) is 3.02. The standard InChI is InChI=1S/C15H21ClN2O/c1-19-13-5-6-14(16)15(10-13)18-9-3-8-17-7-2-4-12(17)11-18/h5-6,10,12H,2-4,7-9,11H2,1H3. The molecule has 2 fully saturated rings. The first-order chi connectivity index (χ1) is 9.28. The van der Waals surface area contributed by atoms with E-state index in [0.717, 1.165) is 29.5 Å². The van der Waals surface area contributed by atoms with E-state index < -0.39 is 0 Å². The molecule has 0 N–H and O–H groups in total. The Kier molecular flexibility index (Phi) is 3.85. The highest BCUT2D eigenvalue weighted by molar-refractivity contribution is 6.33. The van der Waals surface area contributed by atoms with Crippen molar-refractivity contribution in [2.24, 2.45) is 0 Å². The van der Waals surface area contributed by atoms with Gasteiger partial charge in [0.2, 0.25) is 0 Å². The van der Waals surface area contributed by atoms with E-state index in [-0.39, 0.29) is 0 Å². The predicted molar refractivity (Wildman–Crippen MR) is 79.4 cm³/mol. The molecule has 1 unspecified atom stereocenters. The molecule has 1 aromatic carbocycles. The van der Waals surface area contributed by atoms with Crippen molar-refractivity contribution in [3.05, 3.63) is 23.2 Å². The lowest BCUT2D eigenvalue weighted by Gasteiger charge is -2.28. The Labute approximate surface area is 120 Å². The highest BCUT2D eigenvalue weighted by Gasteiger charge is 2.29. The molecule has 2 aliphatic heterocycles. The van der Waals surface area contributed by atoms with Crippen molar-refractivity contribution in [2.75, 3.05) is 38.2 Å². The number of hydrogen-bond acceptors (Lipinski definition) is 3. The average Bonchev–Trinajstić information content (AvgIpc) is 2.77. The Bertz CT molecular complexity index is 452. The van der Waals surface area contributed by atoms with Gasteiger partial charge in [-0.2, -0.15) is 0 Å². The van der Waals surface area contributed by atoms with Gasteiger partial charge in [-0.3, -0.25) is 4.90 Å². The quantitative estimate of drug-likeness (QED) is 0.828. The van der Waals surface area contributed by atoms with Gasteiger partial charge in [0.1, 0.15) is 5.75 Å². The first-order valence-electron chi connectivity index (χ1n) is 7.10. The molecule has 0 spiro atoms. The van der Waals surface area contributed by atoms with Crippen LogP contribution in [0.25, 0.3) is 0 Å². The Morgan fingerprint density at radius 1 is 1.21 bits per heavy atom. The third-order valence-electron chi connectivity index (χ3n) is 4.30. The molecule has 1 aromatic rings. The Hall–Kier alpha value is -0.930. The van der Waals surface area contributed by atoms with Gasteiger partial charge in [0, 0.05) is 31.7 Å². The molecule has 3 nitrogen and oxygen atoms in total. The number of hydrogen-bond donors (Lipinski definition) is 0. The van der Waals surface area contributed by atoms with Crippen LogP contribution in [-0.2, 0) is 0 Å². The number of benzene rings is 1. The van der Waals surface area contributed by atoms with E-state index in [0.29, 0.717) is 6.04 Å². The van der Waals surface area contributed by atoms with Gasteiger partial charge in [-0.1, -0.05) is 11.6 Å². The Balaban J connectivity index is 1.84. The monoisotopic (exact) mass is 280 g/mol. The highest BCUT2D eigenvalue weighted by atomic mass is 35.5. The van der Waals surface area contributed by atoms with Crippen LogP contribution >= 0.6 is 11.6 Å². The summed E-state index contributed by atoms with van der Waals surface area (Å²) in [5.74, 6) is 0.881. The molecule has 0 aliphatic carbocycles. The number of methoxy groups -OCH3 is 1. The van der Waals surface area contributed by atoms with Crippen molar-refractivity contribution >= 4 is 17.3 Å². The summed E-state index contributed by atoms with van der Waals surface area (Å²) in [6, 6.07) is 6.62. The number of anilines is 1. The highest BCUT2D eigenvalue weighted by Crippen LogP contribution is 2.32. The van der Waals surface area contributed by atoms with Crippen LogP contribution in [0.3, 0.4) is 0 Å². The molecule has 1 atom stereocenters. The van der Waals surface area contributed by atoms with Crippen LogP contribution in [-0.4, -0.2) is 44.2 Å². The zero-order valence-corrected chi connectivity index (χ0v) is 12.2. The van der Waals surface area contributed by atoms with Gasteiger partial charge in [0.25, 0.3) is 0 Å². The summed E-state index contributed by atoms with van der Waals surface area (Å²) in [5, 5.41) is 0.826. The zero-order valence-electron chi connectivity index (χ0n) is 11.4. The molecule has 3 rings (SSSR count). The van der Waals surface area contributed by atoms with Crippen molar-refractivity contribution < 1.29 is 4.74 Å². The van der Waals surface area contributed by atoms with Crippen LogP contribution in [0.4, 0.5) is 5.69 Å². The minimum Gasteiger partial charge on any atom is -0.497 e. The number of rotatable bonds is 2. The van der Waals surface area contributed by atoms with E-state index in [4.69, 9.17) is 16.3 Å². The second-order valence-corrected chi connectivity index (χ2v) is 5.86. The van der Waals surface area contributed by atoms with E-state index in [2.05, 4.69) is 15.9 Å². The molecule has 0 bridgehead atoms. The summed E-state index contributed by atoms with van der Waals surface area (Å²) >= 11 is 6.37. The molecule has 0 radical (unpaired) electrons. The lowest BCUT2D eigenvalue weighted by molar-refractivity contribution is 0.273. The zero-order chi connectivity index (χ0) is 13.2. The molecular weight excluding hydrogens is 260 g/mol. The van der Waals surface area contributed by atoms with E-state index in [1.807, 2.05) is 12.1 Å². The van der Waals surface area contributed by atoms with Crippen LogP contribution < -0.4 is 9.64 Å². The molecule has 104 valence electrons. The SMILES string of the molecule is COc1ccc(Cl)c(N2CCCN3CCCC3C2)c1. The van der Waals surface area contributed by atoms with Gasteiger partial charge in [0.15, 0.2) is 0 Å². The van der Waals surface area contributed by atoms with E-state index in [9.17, 15) is 0 Å². The normalized spacial score (nSPS) is 24.1. The summed E-state index contributed by atoms with van der Waals surface area (Å²) in [6.45, 7) is 4.67. The summed E-state index contributed by atoms with van der Waals surface area (Å²) < 4.78 is 5.32. The van der Waals surface area contributed by atoms with Crippen LogP contribution in [0.1, 0.15) is 19.3 Å². The van der Waals surface area contributed by atoms with Gasteiger partial charge in [0.05, 0.1) is 17.8 Å². The van der Waals surface area contributed by atoms with Crippen molar-refractivity contribution in [1.29, 1.82) is 0 Å². The van der Waals surface area contributed by atoms with Crippen LogP contribution in [0.2, 0.25) is 5.02 Å². The van der Waals surface area contributed by atoms with Crippen molar-refractivity contribution in [2.45, 2.75) is 25.3 Å². The van der Waals surface area contributed by atoms with Crippen molar-refractivity contribution in [3.8, 4) is 5.75 Å². The van der Waals surface area contributed by atoms with E-state index >= 15 is 0 Å². The minimum absolute atomic E-state index is 0.699. The Morgan fingerprint density at radius 3 is 2.89 bits per heavy atom. The molecule has 0 amide bonds. The second-order valence-electron chi connectivity index (χ2n) is 5.45. The number of halogens is 1. The van der Waals surface area contributed by atoms with Gasteiger partial charge in [-0.15, -0.1) is 0 Å². The first-order valence-corrected chi connectivity index (χ1v) is 7.48. The first kappa shape index (κ1) is 13.1. The van der Waals surface area contributed by atoms with Crippen LogP contribution in [0.15, 0.2) is 18.2 Å². The maximum Gasteiger partial charge on any atom is 0.121 e. The second kappa shape index (κ2) is 5.59. The Morgan fingerprint density at radius 2 is 2.05 bits per heavy atom. The largest absolute Gasteiger partial charge is 0.497 e. The van der Waals surface area contributed by atoms with E-state index in [1.165, 1.54) is 32.4 Å². The van der Waals surface area contributed by atoms with Gasteiger partial charge < -0.3 is 9.64 Å². The fourth-order valence-electron chi connectivity index (χ4n) is 3.29. The third-order valence-corrected chi connectivity index (χ3v) is 4.62. The maximum atomic E-state index is 6.37. The van der Waals surface area contributed by atoms with Crippen molar-refractivity contribution in [1.82, 2.24) is 4.90 Å². The smallest absolute Gasteiger partial charge is 0.121 e. The van der Waals surface area contributed by atoms with Crippen molar-refractivity contribution in [3.63, 3.8) is 0 Å².